The highest BCUT2D eigenvalue weighted by atomic mass is 16.2. The molecule has 0 bridgehead atoms. The van der Waals surface area contributed by atoms with Crippen LogP contribution in [0.3, 0.4) is 0 Å². The average Bonchev–Trinajstić information content (AvgIpc) is 3.03. The first-order valence-electron chi connectivity index (χ1n) is 6.53. The number of imide groups is 1. The number of nitrogens with zero attached hydrogens (tertiary/aromatic N) is 2. The Morgan fingerprint density at radius 1 is 1.33 bits per heavy atom. The first kappa shape index (κ1) is 11.4. The summed E-state index contributed by atoms with van der Waals surface area (Å²) >= 11 is 0. The van der Waals surface area contributed by atoms with Gasteiger partial charge in [-0.2, -0.15) is 0 Å². The molecule has 1 aliphatic heterocycles. The Bertz CT molecular complexity index is 461. The van der Waals surface area contributed by atoms with Crippen LogP contribution in [0.25, 0.3) is 0 Å². The van der Waals surface area contributed by atoms with Gasteiger partial charge in [0.15, 0.2) is 0 Å². The maximum atomic E-state index is 12.4. The van der Waals surface area contributed by atoms with Crippen molar-refractivity contribution in [1.82, 2.24) is 14.9 Å². The van der Waals surface area contributed by atoms with E-state index in [1.54, 1.807) is 12.5 Å². The Morgan fingerprint density at radius 2 is 2.11 bits per heavy atom. The van der Waals surface area contributed by atoms with Crippen LogP contribution in [-0.4, -0.2) is 33.2 Å². The van der Waals surface area contributed by atoms with E-state index in [1.165, 1.54) is 4.90 Å². The number of amides is 2. The van der Waals surface area contributed by atoms with Crippen molar-refractivity contribution >= 4 is 11.8 Å². The summed E-state index contributed by atoms with van der Waals surface area (Å²) in [5.74, 6) is 0.0610. The Balaban J connectivity index is 1.69. The summed E-state index contributed by atoms with van der Waals surface area (Å²) in [6, 6.07) is 0. The van der Waals surface area contributed by atoms with Crippen molar-refractivity contribution in [1.29, 1.82) is 0 Å². The number of carbonyl (C=O) groups is 2. The molecule has 3 rings (SSSR count). The molecule has 0 atom stereocenters. The minimum Gasteiger partial charge on any atom is -0.348 e. The number of aromatic nitrogens is 2. The molecule has 2 amide bonds. The van der Waals surface area contributed by atoms with E-state index in [4.69, 9.17) is 0 Å². The Kier molecular flexibility index (Phi) is 2.69. The maximum Gasteiger partial charge on any atom is 0.235 e. The van der Waals surface area contributed by atoms with E-state index in [1.807, 2.05) is 0 Å². The molecule has 1 spiro atoms. The van der Waals surface area contributed by atoms with Gasteiger partial charge in [0.2, 0.25) is 11.8 Å². The molecule has 2 fully saturated rings. The summed E-state index contributed by atoms with van der Waals surface area (Å²) in [6.45, 7) is 0.474. The van der Waals surface area contributed by atoms with Crippen LogP contribution in [0.2, 0.25) is 0 Å². The number of H-pyrrole nitrogens is 1. The highest BCUT2D eigenvalue weighted by Crippen LogP contribution is 2.46. The molecule has 0 unspecified atom stereocenters. The van der Waals surface area contributed by atoms with Crippen LogP contribution >= 0.6 is 0 Å². The number of hydrogen-bond donors (Lipinski definition) is 1. The lowest BCUT2D eigenvalue weighted by molar-refractivity contribution is -0.141. The van der Waals surface area contributed by atoms with Gasteiger partial charge in [-0.15, -0.1) is 0 Å². The normalized spacial score (nSPS) is 22.3. The van der Waals surface area contributed by atoms with E-state index >= 15 is 0 Å². The standard InChI is InChI=1S/C13H17N3O2/c17-11-7-13(4-1-2-5-13)12(18)16(11)6-3-10-8-14-9-15-10/h8-9H,1-7H2,(H,14,15). The van der Waals surface area contributed by atoms with Gasteiger partial charge < -0.3 is 4.98 Å². The third-order valence-electron chi connectivity index (χ3n) is 4.21. The van der Waals surface area contributed by atoms with Gasteiger partial charge in [-0.3, -0.25) is 14.5 Å². The predicted octanol–water partition coefficient (Wildman–Crippen LogP) is 1.27. The van der Waals surface area contributed by atoms with Crippen molar-refractivity contribution in [3.8, 4) is 0 Å². The topological polar surface area (TPSA) is 66.1 Å². The van der Waals surface area contributed by atoms with E-state index in [-0.39, 0.29) is 17.2 Å². The minimum atomic E-state index is -0.342. The summed E-state index contributed by atoms with van der Waals surface area (Å²) in [4.78, 5) is 32.7. The quantitative estimate of drug-likeness (QED) is 0.818. The van der Waals surface area contributed by atoms with Gasteiger partial charge in [-0.1, -0.05) is 12.8 Å². The molecule has 1 aliphatic carbocycles. The van der Waals surface area contributed by atoms with E-state index in [9.17, 15) is 9.59 Å². The highest BCUT2D eigenvalue weighted by Gasteiger charge is 2.52. The smallest absolute Gasteiger partial charge is 0.235 e. The summed E-state index contributed by atoms with van der Waals surface area (Å²) in [6.07, 6.45) is 8.36. The third kappa shape index (κ3) is 1.74. The van der Waals surface area contributed by atoms with Crippen LogP contribution in [0.15, 0.2) is 12.5 Å². The monoisotopic (exact) mass is 247 g/mol. The second-order valence-corrected chi connectivity index (χ2v) is 5.34. The van der Waals surface area contributed by atoms with Crippen LogP contribution in [0.5, 0.6) is 0 Å². The molecule has 2 aliphatic rings. The summed E-state index contributed by atoms with van der Waals surface area (Å²) < 4.78 is 0. The molecule has 1 saturated heterocycles. The second-order valence-electron chi connectivity index (χ2n) is 5.34. The predicted molar refractivity (Wildman–Crippen MR) is 64.5 cm³/mol. The second kappa shape index (κ2) is 4.23. The van der Waals surface area contributed by atoms with Gasteiger partial charge in [0.1, 0.15) is 0 Å². The average molecular weight is 247 g/mol. The molecule has 1 aromatic heterocycles. The van der Waals surface area contributed by atoms with Crippen molar-refractivity contribution in [2.45, 2.75) is 38.5 Å². The number of aromatic amines is 1. The summed E-state index contributed by atoms with van der Waals surface area (Å²) in [5, 5.41) is 0. The molecule has 0 aromatic carbocycles. The van der Waals surface area contributed by atoms with Crippen molar-refractivity contribution in [2.24, 2.45) is 5.41 Å². The number of carbonyl (C=O) groups excluding carboxylic acids is 2. The van der Waals surface area contributed by atoms with Gasteiger partial charge in [0.25, 0.3) is 0 Å². The Morgan fingerprint density at radius 3 is 2.78 bits per heavy atom. The van der Waals surface area contributed by atoms with Crippen molar-refractivity contribution in [3.63, 3.8) is 0 Å². The fourth-order valence-corrected chi connectivity index (χ4v) is 3.18. The van der Waals surface area contributed by atoms with E-state index < -0.39 is 0 Å². The van der Waals surface area contributed by atoms with Crippen LogP contribution < -0.4 is 0 Å². The minimum absolute atomic E-state index is 0.00131. The molecule has 5 heteroatoms. The van der Waals surface area contributed by atoms with Crippen LogP contribution in [0.4, 0.5) is 0 Å². The number of hydrogen-bond acceptors (Lipinski definition) is 3. The molecule has 0 radical (unpaired) electrons. The number of imidazole rings is 1. The number of likely N-dealkylation sites (tertiary alicyclic amines) is 1. The van der Waals surface area contributed by atoms with E-state index in [2.05, 4.69) is 9.97 Å². The van der Waals surface area contributed by atoms with Crippen molar-refractivity contribution < 1.29 is 9.59 Å². The molecule has 1 N–H and O–H groups in total. The molecule has 5 nitrogen and oxygen atoms in total. The molecular weight excluding hydrogens is 230 g/mol. The number of nitrogens with one attached hydrogen (secondary N) is 1. The lowest BCUT2D eigenvalue weighted by Crippen LogP contribution is -2.35. The highest BCUT2D eigenvalue weighted by molar-refractivity contribution is 6.06. The zero-order valence-corrected chi connectivity index (χ0v) is 10.3. The SMILES string of the molecule is O=C1CC2(CCCC2)C(=O)N1CCc1cnc[nH]1. The Hall–Kier alpha value is -1.65. The zero-order valence-electron chi connectivity index (χ0n) is 10.3. The van der Waals surface area contributed by atoms with Gasteiger partial charge in [-0.05, 0) is 12.8 Å². The third-order valence-corrected chi connectivity index (χ3v) is 4.21. The lowest BCUT2D eigenvalue weighted by Gasteiger charge is -2.20. The molecule has 2 heterocycles. The van der Waals surface area contributed by atoms with Gasteiger partial charge in [-0.25, -0.2) is 4.98 Å². The Labute approximate surface area is 106 Å². The molecule has 1 saturated carbocycles. The van der Waals surface area contributed by atoms with Crippen LogP contribution in [0, 0.1) is 5.41 Å². The van der Waals surface area contributed by atoms with Gasteiger partial charge in [0.05, 0.1) is 11.7 Å². The van der Waals surface area contributed by atoms with E-state index in [0.29, 0.717) is 19.4 Å². The maximum absolute atomic E-state index is 12.4. The molecule has 1 aromatic rings. The van der Waals surface area contributed by atoms with Crippen molar-refractivity contribution in [2.75, 3.05) is 6.54 Å². The molecule has 96 valence electrons. The van der Waals surface area contributed by atoms with Gasteiger partial charge >= 0.3 is 0 Å². The van der Waals surface area contributed by atoms with Crippen molar-refractivity contribution in [3.05, 3.63) is 18.2 Å². The van der Waals surface area contributed by atoms with Crippen LogP contribution in [0.1, 0.15) is 37.8 Å². The largest absolute Gasteiger partial charge is 0.348 e. The summed E-state index contributed by atoms with van der Waals surface area (Å²) in [7, 11) is 0. The molecule has 18 heavy (non-hydrogen) atoms. The molecular formula is C13H17N3O2. The first-order chi connectivity index (χ1) is 8.71. The fourth-order valence-electron chi connectivity index (χ4n) is 3.18. The lowest BCUT2D eigenvalue weighted by atomic mass is 9.84. The zero-order chi connectivity index (χ0) is 12.6. The fraction of sp³-hybridized carbons (Fsp3) is 0.615. The van der Waals surface area contributed by atoms with Crippen LogP contribution in [-0.2, 0) is 16.0 Å². The number of rotatable bonds is 3. The first-order valence-corrected chi connectivity index (χ1v) is 6.53. The summed E-state index contributed by atoms with van der Waals surface area (Å²) in [5.41, 5.74) is 0.619. The van der Waals surface area contributed by atoms with E-state index in [0.717, 1.165) is 31.4 Å². The van der Waals surface area contributed by atoms with Gasteiger partial charge in [0, 0.05) is 31.3 Å².